The molecule has 2 aliphatic rings. The Morgan fingerprint density at radius 2 is 1.79 bits per heavy atom. The van der Waals surface area contributed by atoms with E-state index in [1.807, 2.05) is 6.33 Å². The van der Waals surface area contributed by atoms with E-state index in [2.05, 4.69) is 39.5 Å². The summed E-state index contributed by atoms with van der Waals surface area (Å²) in [6.07, 6.45) is 10.8. The molecule has 5 rings (SSSR count). The maximum absolute atomic E-state index is 9.85. The second-order valence-corrected chi connectivity index (χ2v) is 8.68. The van der Waals surface area contributed by atoms with Crippen LogP contribution in [0.2, 0.25) is 0 Å². The third-order valence-corrected chi connectivity index (χ3v) is 6.87. The second kappa shape index (κ2) is 7.79. The molecule has 1 aromatic carbocycles. The van der Waals surface area contributed by atoms with Crippen LogP contribution in [-0.2, 0) is 25.8 Å². The van der Waals surface area contributed by atoms with Crippen molar-refractivity contribution in [2.24, 2.45) is 0 Å². The number of fused-ring (bicyclic) bond motifs is 3. The number of rotatable bonds is 4. The van der Waals surface area contributed by atoms with Gasteiger partial charge >= 0.3 is 0 Å². The summed E-state index contributed by atoms with van der Waals surface area (Å²) in [4.78, 5) is 4.90. The Hall–Kier alpha value is -2.40. The van der Waals surface area contributed by atoms with Crippen LogP contribution in [0.25, 0.3) is 11.0 Å². The average Bonchev–Trinajstić information content (AvgIpc) is 3.08. The van der Waals surface area contributed by atoms with Gasteiger partial charge in [0.2, 0.25) is 0 Å². The number of aromatic nitrogens is 3. The number of nitrogens with one attached hydrogen (secondary N) is 1. The van der Waals surface area contributed by atoms with Crippen LogP contribution in [0, 0.1) is 5.41 Å². The van der Waals surface area contributed by atoms with Crippen LogP contribution in [0.1, 0.15) is 61.4 Å². The summed E-state index contributed by atoms with van der Waals surface area (Å²) < 4.78 is 4.47. The molecule has 5 heteroatoms. The summed E-state index contributed by atoms with van der Waals surface area (Å²) in [5.74, 6) is 0. The molecule has 1 fully saturated rings. The van der Waals surface area contributed by atoms with Crippen LogP contribution in [-0.4, -0.2) is 25.3 Å². The maximum Gasteiger partial charge on any atom is 0.145 e. The van der Waals surface area contributed by atoms with Gasteiger partial charge in [0.1, 0.15) is 11.1 Å². The first kappa shape index (κ1) is 18.6. The summed E-state index contributed by atoms with van der Waals surface area (Å²) in [5.41, 5.74) is 5.72. The molecule has 0 spiro atoms. The number of aryl methyl sites for hydroxylation is 3. The van der Waals surface area contributed by atoms with Gasteiger partial charge in [-0.05, 0) is 68.9 Å². The molecule has 152 valence electrons. The van der Waals surface area contributed by atoms with E-state index in [1.54, 1.807) is 0 Å². The average molecular weight is 391 g/mol. The number of hydrogen-bond donors (Lipinski definition) is 2. The predicted molar refractivity (Wildman–Crippen MR) is 114 cm³/mol. The highest BCUT2D eigenvalue weighted by Gasteiger charge is 2.25. The molecule has 2 heterocycles. The summed E-state index contributed by atoms with van der Waals surface area (Å²) in [6.45, 7) is 0.919. The highest BCUT2D eigenvalue weighted by atomic mass is 16.3. The van der Waals surface area contributed by atoms with E-state index in [9.17, 15) is 5.11 Å². The van der Waals surface area contributed by atoms with Gasteiger partial charge in [-0.3, -0.25) is 5.41 Å². The van der Waals surface area contributed by atoms with E-state index in [-0.39, 0.29) is 12.1 Å². The number of aliphatic hydroxyl groups excluding tert-OH is 1. The van der Waals surface area contributed by atoms with Crippen molar-refractivity contribution in [3.8, 4) is 0 Å². The summed E-state index contributed by atoms with van der Waals surface area (Å²) in [5, 5.41) is 19.9. The Bertz CT molecular complexity index is 1060. The zero-order valence-electron chi connectivity index (χ0n) is 17.0. The molecule has 0 atom stereocenters. The van der Waals surface area contributed by atoms with Gasteiger partial charge in [-0.15, -0.1) is 0 Å². The zero-order valence-corrected chi connectivity index (χ0v) is 17.0. The van der Waals surface area contributed by atoms with Gasteiger partial charge in [-0.1, -0.05) is 30.3 Å². The lowest BCUT2D eigenvalue weighted by molar-refractivity contribution is 0.109. The van der Waals surface area contributed by atoms with E-state index in [1.165, 1.54) is 29.7 Å². The standard InChI is InChI=1S/C24H30N4O/c25-23-22-20-8-4-5-9-21(20)27(15-14-17-6-2-1-3-7-17)24(22)26-16-28(23)18-10-12-19(29)13-11-18/h1-3,6-7,16,18-19,25,29H,4-5,8-15H2. The molecule has 0 aliphatic heterocycles. The van der Waals surface area contributed by atoms with E-state index in [0.29, 0.717) is 5.49 Å². The summed E-state index contributed by atoms with van der Waals surface area (Å²) >= 11 is 0. The molecular weight excluding hydrogens is 360 g/mol. The van der Waals surface area contributed by atoms with Gasteiger partial charge in [0.25, 0.3) is 0 Å². The monoisotopic (exact) mass is 390 g/mol. The fraction of sp³-hybridized carbons (Fsp3) is 0.500. The van der Waals surface area contributed by atoms with Gasteiger partial charge < -0.3 is 14.2 Å². The molecule has 5 nitrogen and oxygen atoms in total. The minimum Gasteiger partial charge on any atom is -0.393 e. The van der Waals surface area contributed by atoms with Crippen LogP contribution in [0.5, 0.6) is 0 Å². The van der Waals surface area contributed by atoms with Crippen LogP contribution >= 0.6 is 0 Å². The molecular formula is C24H30N4O. The highest BCUT2D eigenvalue weighted by Crippen LogP contribution is 2.32. The Morgan fingerprint density at radius 1 is 1.03 bits per heavy atom. The molecule has 2 N–H and O–H groups in total. The molecule has 0 unspecified atom stereocenters. The first-order valence-electron chi connectivity index (χ1n) is 11.1. The van der Waals surface area contributed by atoms with Crippen molar-refractivity contribution in [1.82, 2.24) is 14.1 Å². The quantitative estimate of drug-likeness (QED) is 0.709. The molecule has 0 amide bonds. The number of aliphatic hydroxyl groups is 1. The van der Waals surface area contributed by atoms with Gasteiger partial charge in [-0.25, -0.2) is 4.98 Å². The molecule has 2 aromatic heterocycles. The zero-order chi connectivity index (χ0) is 19.8. The topological polar surface area (TPSA) is 66.8 Å². The molecule has 2 aliphatic carbocycles. The minimum atomic E-state index is -0.176. The van der Waals surface area contributed by atoms with E-state index in [4.69, 9.17) is 10.4 Å². The summed E-state index contributed by atoms with van der Waals surface area (Å²) in [6, 6.07) is 10.9. The van der Waals surface area contributed by atoms with Crippen LogP contribution in [0.4, 0.5) is 0 Å². The van der Waals surface area contributed by atoms with E-state index >= 15 is 0 Å². The van der Waals surface area contributed by atoms with Crippen molar-refractivity contribution < 1.29 is 5.11 Å². The SMILES string of the molecule is N=c1c2c3c(n(CCc4ccccc4)c2ncn1C1CCC(O)CC1)CCCC3. The number of hydrogen-bond acceptors (Lipinski definition) is 3. The van der Waals surface area contributed by atoms with Gasteiger partial charge in [0.05, 0.1) is 17.8 Å². The van der Waals surface area contributed by atoms with Crippen molar-refractivity contribution in [1.29, 1.82) is 5.41 Å². The molecule has 29 heavy (non-hydrogen) atoms. The first-order chi connectivity index (χ1) is 14.2. The van der Waals surface area contributed by atoms with Gasteiger partial charge in [-0.2, -0.15) is 0 Å². The number of benzene rings is 1. The van der Waals surface area contributed by atoms with E-state index < -0.39 is 0 Å². The second-order valence-electron chi connectivity index (χ2n) is 8.68. The smallest absolute Gasteiger partial charge is 0.145 e. The molecule has 0 bridgehead atoms. The summed E-state index contributed by atoms with van der Waals surface area (Å²) in [7, 11) is 0. The normalized spacial score (nSPS) is 22.0. The minimum absolute atomic E-state index is 0.176. The highest BCUT2D eigenvalue weighted by molar-refractivity contribution is 5.81. The molecule has 3 aromatic rings. The lowest BCUT2D eigenvalue weighted by Crippen LogP contribution is -2.30. The Balaban J connectivity index is 1.55. The largest absolute Gasteiger partial charge is 0.393 e. The predicted octanol–water partition coefficient (Wildman–Crippen LogP) is 3.91. The Morgan fingerprint density at radius 3 is 2.59 bits per heavy atom. The van der Waals surface area contributed by atoms with Gasteiger partial charge in [0.15, 0.2) is 0 Å². The Labute approximate surface area is 171 Å². The van der Waals surface area contributed by atoms with E-state index in [0.717, 1.165) is 62.5 Å². The lowest BCUT2D eigenvalue weighted by Gasteiger charge is -2.27. The Kier molecular flexibility index (Phi) is 5.00. The van der Waals surface area contributed by atoms with Crippen LogP contribution in [0.3, 0.4) is 0 Å². The maximum atomic E-state index is 9.85. The third kappa shape index (κ3) is 3.42. The molecule has 0 radical (unpaired) electrons. The van der Waals surface area contributed by atoms with Crippen molar-refractivity contribution in [2.45, 2.75) is 76.5 Å². The first-order valence-corrected chi connectivity index (χ1v) is 11.1. The van der Waals surface area contributed by atoms with Gasteiger partial charge in [0, 0.05) is 18.3 Å². The van der Waals surface area contributed by atoms with Crippen LogP contribution < -0.4 is 5.49 Å². The van der Waals surface area contributed by atoms with Crippen molar-refractivity contribution in [2.75, 3.05) is 0 Å². The fourth-order valence-corrected chi connectivity index (χ4v) is 5.28. The van der Waals surface area contributed by atoms with Crippen molar-refractivity contribution in [3.05, 3.63) is 59.0 Å². The molecule has 1 saturated carbocycles. The fourth-order valence-electron chi connectivity index (χ4n) is 5.28. The number of nitrogens with zero attached hydrogens (tertiary/aromatic N) is 3. The third-order valence-electron chi connectivity index (χ3n) is 6.87. The molecule has 0 saturated heterocycles. The lowest BCUT2D eigenvalue weighted by atomic mass is 9.92. The van der Waals surface area contributed by atoms with Crippen molar-refractivity contribution >= 4 is 11.0 Å². The van der Waals surface area contributed by atoms with Crippen molar-refractivity contribution in [3.63, 3.8) is 0 Å². The van der Waals surface area contributed by atoms with Crippen LogP contribution in [0.15, 0.2) is 36.7 Å².